The minimum Gasteiger partial charge on any atom is -0.492 e. The number of thiocarbonyl (C=S) groups is 1. The molecule has 1 saturated carbocycles. The number of ether oxygens (including phenoxy) is 1. The van der Waals surface area contributed by atoms with E-state index >= 15 is 0 Å². The van der Waals surface area contributed by atoms with Crippen molar-refractivity contribution < 1.29 is 37.1 Å². The SMILES string of the molecule is C[C@@H]1CN(CCOc2ccc(N3C(=S)N(c4ccc(C#N)c(C(F)(F)F)c4)C(=O)C3(C)C)cc2C2CCC2)C[C@H](C)N1CC(=O)Nc1cccc(NC2CCC(=O)NC2=O)c1. The largest absolute Gasteiger partial charge is 0.492 e. The Hall–Kier alpha value is -5.57. The summed E-state index contributed by atoms with van der Waals surface area (Å²) < 4.78 is 48.0. The topological polar surface area (TPSA) is 150 Å². The standard InChI is InChI=1S/C44H49F3N8O5S/c1-26-23-52(24-27(2)53(26)25-39(57)50-31-10-6-9-30(19-31)49-36-14-16-38(56)51-40(36)58)17-18-60-37-15-13-33(20-34(37)28-7-5-8-28)55-42(61)54(41(59)43(55,3)4)32-12-11-29(22-48)35(21-32)44(45,46)47/h6,9-13,15,19-21,26-28,36,49H,5,7-8,14,16-18,23-25H2,1-4H3,(H,50,57)(H,51,56,58)/t26-,27+,36?. The van der Waals surface area contributed by atoms with E-state index in [2.05, 4.69) is 39.6 Å². The molecule has 322 valence electrons. The summed E-state index contributed by atoms with van der Waals surface area (Å²) in [4.78, 5) is 58.1. The van der Waals surface area contributed by atoms with Crippen LogP contribution in [0.15, 0.2) is 60.7 Å². The number of halogens is 3. The van der Waals surface area contributed by atoms with E-state index in [1.807, 2.05) is 18.2 Å². The number of piperidine rings is 1. The lowest BCUT2D eigenvalue weighted by Crippen LogP contribution is -2.58. The zero-order chi connectivity index (χ0) is 43.8. The number of nitrogens with one attached hydrogen (secondary N) is 3. The van der Waals surface area contributed by atoms with Crippen LogP contribution in [0.1, 0.15) is 82.4 Å². The Bertz CT molecular complexity index is 2270. The van der Waals surface area contributed by atoms with Crippen LogP contribution < -0.4 is 30.5 Å². The normalized spacial score (nSPS) is 22.4. The summed E-state index contributed by atoms with van der Waals surface area (Å²) >= 11 is 5.79. The molecular formula is C44H49F3N8O5S. The molecule has 7 rings (SSSR count). The van der Waals surface area contributed by atoms with Gasteiger partial charge in [-0.1, -0.05) is 12.5 Å². The third-order valence-corrected chi connectivity index (χ3v) is 12.4. The average Bonchev–Trinajstić information content (AvgIpc) is 3.35. The lowest BCUT2D eigenvalue weighted by molar-refractivity contribution is -0.138. The predicted octanol–water partition coefficient (Wildman–Crippen LogP) is 6.39. The van der Waals surface area contributed by atoms with Crippen molar-refractivity contribution in [3.05, 3.63) is 77.4 Å². The Labute approximate surface area is 358 Å². The number of hydrogen-bond donors (Lipinski definition) is 3. The minimum atomic E-state index is -4.80. The Morgan fingerprint density at radius 3 is 2.34 bits per heavy atom. The van der Waals surface area contributed by atoms with E-state index in [1.165, 1.54) is 6.07 Å². The Morgan fingerprint density at radius 2 is 1.69 bits per heavy atom. The van der Waals surface area contributed by atoms with Gasteiger partial charge in [0.25, 0.3) is 5.91 Å². The summed E-state index contributed by atoms with van der Waals surface area (Å²) in [5, 5.41) is 17.8. The molecule has 17 heteroatoms. The van der Waals surface area contributed by atoms with Gasteiger partial charge in [0.05, 0.1) is 29.4 Å². The van der Waals surface area contributed by atoms with Gasteiger partial charge in [-0.3, -0.25) is 39.2 Å². The maximum Gasteiger partial charge on any atom is 0.417 e. The fourth-order valence-electron chi connectivity index (χ4n) is 8.63. The number of nitrogens with zero attached hydrogens (tertiary/aromatic N) is 5. The van der Waals surface area contributed by atoms with Crippen LogP contribution in [0.4, 0.5) is 35.9 Å². The van der Waals surface area contributed by atoms with Crippen LogP contribution in [-0.2, 0) is 25.4 Å². The molecule has 4 amide bonds. The van der Waals surface area contributed by atoms with E-state index in [-0.39, 0.29) is 59.5 Å². The first-order valence-electron chi connectivity index (χ1n) is 20.5. The van der Waals surface area contributed by atoms with Crippen molar-refractivity contribution in [3.63, 3.8) is 0 Å². The van der Waals surface area contributed by atoms with Gasteiger partial charge in [0.1, 0.15) is 23.9 Å². The molecule has 3 aromatic rings. The molecule has 13 nitrogen and oxygen atoms in total. The monoisotopic (exact) mass is 858 g/mol. The van der Waals surface area contributed by atoms with Crippen molar-refractivity contribution in [2.75, 3.05) is 53.2 Å². The fraction of sp³-hybridized carbons (Fsp3) is 0.455. The quantitative estimate of drug-likeness (QED) is 0.137. The number of alkyl halides is 3. The molecule has 0 aromatic heterocycles. The van der Waals surface area contributed by atoms with Gasteiger partial charge in [-0.05, 0) is 125 Å². The maximum atomic E-state index is 13.9. The number of hydrogen-bond acceptors (Lipinski definition) is 10. The first-order valence-corrected chi connectivity index (χ1v) is 20.9. The maximum absolute atomic E-state index is 13.9. The molecule has 3 atom stereocenters. The molecule has 1 unspecified atom stereocenters. The second-order valence-corrected chi connectivity index (χ2v) is 17.1. The molecule has 0 bridgehead atoms. The third kappa shape index (κ3) is 9.21. The smallest absolute Gasteiger partial charge is 0.417 e. The highest BCUT2D eigenvalue weighted by molar-refractivity contribution is 7.81. The number of piperazine rings is 1. The molecule has 4 fully saturated rings. The highest BCUT2D eigenvalue weighted by atomic mass is 32.1. The number of imide groups is 1. The molecule has 4 aliphatic rings. The van der Waals surface area contributed by atoms with Gasteiger partial charge in [0.2, 0.25) is 17.7 Å². The number of carbonyl (C=O) groups is 4. The third-order valence-electron chi connectivity index (χ3n) is 12.0. The van der Waals surface area contributed by atoms with Crippen molar-refractivity contribution in [2.45, 2.75) is 95.6 Å². The van der Waals surface area contributed by atoms with Crippen LogP contribution in [-0.4, -0.2) is 95.0 Å². The number of carbonyl (C=O) groups excluding carboxylic acids is 4. The fourth-order valence-corrected chi connectivity index (χ4v) is 9.16. The summed E-state index contributed by atoms with van der Waals surface area (Å²) in [6.45, 7) is 10.3. The summed E-state index contributed by atoms with van der Waals surface area (Å²) in [6.07, 6.45) is -1.12. The molecule has 61 heavy (non-hydrogen) atoms. The van der Waals surface area contributed by atoms with Crippen molar-refractivity contribution >= 4 is 63.7 Å². The molecule has 3 heterocycles. The van der Waals surface area contributed by atoms with Crippen molar-refractivity contribution in [1.82, 2.24) is 15.1 Å². The Morgan fingerprint density at radius 1 is 0.984 bits per heavy atom. The Balaban J connectivity index is 0.959. The number of nitriles is 1. The van der Waals surface area contributed by atoms with Crippen molar-refractivity contribution in [2.24, 2.45) is 0 Å². The highest BCUT2D eigenvalue weighted by Gasteiger charge is 2.51. The van der Waals surface area contributed by atoms with E-state index in [4.69, 9.17) is 17.0 Å². The van der Waals surface area contributed by atoms with E-state index in [9.17, 15) is 37.6 Å². The first-order chi connectivity index (χ1) is 28.9. The van der Waals surface area contributed by atoms with Gasteiger partial charge >= 0.3 is 6.18 Å². The molecule has 3 N–H and O–H groups in total. The zero-order valence-electron chi connectivity index (χ0n) is 34.5. The van der Waals surface area contributed by atoms with Crippen molar-refractivity contribution in [3.8, 4) is 11.8 Å². The second-order valence-electron chi connectivity index (χ2n) is 16.8. The first kappa shape index (κ1) is 43.5. The van der Waals surface area contributed by atoms with Gasteiger partial charge in [0, 0.05) is 55.2 Å². The van der Waals surface area contributed by atoms with Gasteiger partial charge in [-0.2, -0.15) is 18.4 Å². The van der Waals surface area contributed by atoms with Crippen LogP contribution in [0.2, 0.25) is 0 Å². The van der Waals surface area contributed by atoms with E-state index in [0.29, 0.717) is 36.6 Å². The number of amides is 4. The minimum absolute atomic E-state index is 0.0365. The molecule has 3 aliphatic heterocycles. The summed E-state index contributed by atoms with van der Waals surface area (Å²) in [5.41, 5.74) is -0.0809. The zero-order valence-corrected chi connectivity index (χ0v) is 35.3. The van der Waals surface area contributed by atoms with E-state index in [1.54, 1.807) is 49.1 Å². The van der Waals surface area contributed by atoms with Gasteiger partial charge in [-0.25, -0.2) is 0 Å². The van der Waals surface area contributed by atoms with E-state index in [0.717, 1.165) is 60.7 Å². The molecule has 3 aromatic carbocycles. The number of benzene rings is 3. The number of rotatable bonds is 12. The van der Waals surface area contributed by atoms with Crippen LogP contribution >= 0.6 is 12.2 Å². The van der Waals surface area contributed by atoms with Gasteiger partial charge in [0.15, 0.2) is 5.11 Å². The summed E-state index contributed by atoms with van der Waals surface area (Å²) in [6, 6.07) is 17.2. The van der Waals surface area contributed by atoms with Crippen LogP contribution in [0.3, 0.4) is 0 Å². The average molecular weight is 859 g/mol. The van der Waals surface area contributed by atoms with Gasteiger partial charge < -0.3 is 20.3 Å². The van der Waals surface area contributed by atoms with Crippen LogP contribution in [0, 0.1) is 11.3 Å². The molecule has 0 radical (unpaired) electrons. The van der Waals surface area contributed by atoms with Crippen LogP contribution in [0.5, 0.6) is 5.75 Å². The molecule has 3 saturated heterocycles. The lowest BCUT2D eigenvalue weighted by atomic mass is 9.79. The molecular weight excluding hydrogens is 810 g/mol. The highest BCUT2D eigenvalue weighted by Crippen LogP contribution is 2.45. The van der Waals surface area contributed by atoms with Crippen LogP contribution in [0.25, 0.3) is 0 Å². The lowest BCUT2D eigenvalue weighted by Gasteiger charge is -2.44. The molecule has 1 aliphatic carbocycles. The Kier molecular flexibility index (Phi) is 12.4. The second kappa shape index (κ2) is 17.4. The summed E-state index contributed by atoms with van der Waals surface area (Å²) in [7, 11) is 0. The molecule has 0 spiro atoms. The number of anilines is 4. The predicted molar refractivity (Wildman–Crippen MR) is 228 cm³/mol. The van der Waals surface area contributed by atoms with E-state index < -0.39 is 34.8 Å². The summed E-state index contributed by atoms with van der Waals surface area (Å²) in [5.74, 6) is -0.318. The van der Waals surface area contributed by atoms with Crippen molar-refractivity contribution in [1.29, 1.82) is 5.26 Å². The van der Waals surface area contributed by atoms with Gasteiger partial charge in [-0.15, -0.1) is 0 Å².